The highest BCUT2D eigenvalue weighted by molar-refractivity contribution is 6.42. The van der Waals surface area contributed by atoms with Crippen molar-refractivity contribution in [2.45, 2.75) is 57.5 Å². The summed E-state index contributed by atoms with van der Waals surface area (Å²) < 4.78 is 45.2. The van der Waals surface area contributed by atoms with Gasteiger partial charge in [-0.05, 0) is 48.8 Å². The van der Waals surface area contributed by atoms with Gasteiger partial charge in [0.05, 0.1) is 29.9 Å². The molecule has 0 amide bonds. The van der Waals surface area contributed by atoms with Gasteiger partial charge in [0.25, 0.3) is 0 Å². The Kier molecular flexibility index (Phi) is 4.73. The summed E-state index contributed by atoms with van der Waals surface area (Å²) in [6, 6.07) is 7.46. The average molecular weight is 418 g/mol. The molecule has 2 aliphatic carbocycles. The molecule has 0 radical (unpaired) electrons. The molecule has 2 spiro atoms. The Hall–Kier alpha value is -2.40. The Labute approximate surface area is 173 Å². The van der Waals surface area contributed by atoms with E-state index in [1.807, 2.05) is 6.07 Å². The first-order valence-corrected chi connectivity index (χ1v) is 10.1. The number of hydrogen-bond acceptors (Lipinski definition) is 5. The smallest absolute Gasteiger partial charge is 0.382 e. The van der Waals surface area contributed by atoms with Crippen LogP contribution in [0.4, 0.5) is 13.2 Å². The Morgan fingerprint density at radius 2 is 1.90 bits per heavy atom. The third-order valence-corrected chi connectivity index (χ3v) is 6.94. The first-order valence-electron chi connectivity index (χ1n) is 10.1. The predicted octanol–water partition coefficient (Wildman–Crippen LogP) is 4.10. The number of aliphatic imine (C=N–C) groups is 2. The van der Waals surface area contributed by atoms with Crippen molar-refractivity contribution in [2.24, 2.45) is 33.0 Å². The molecule has 0 bridgehead atoms. The van der Waals surface area contributed by atoms with Crippen LogP contribution in [0, 0.1) is 28.6 Å². The monoisotopic (exact) mass is 418 g/mol. The number of ether oxygens (including phenoxy) is 1. The minimum atomic E-state index is -4.43. The minimum absolute atomic E-state index is 0.0624. The molecular weight excluding hydrogens is 393 g/mol. The molecule has 8 heteroatoms. The second kappa shape index (κ2) is 6.81. The van der Waals surface area contributed by atoms with E-state index in [4.69, 9.17) is 10.5 Å². The number of nitrogens with two attached hydrogens (primary N) is 1. The summed E-state index contributed by atoms with van der Waals surface area (Å²) in [4.78, 5) is 9.26. The van der Waals surface area contributed by atoms with E-state index in [1.54, 1.807) is 19.2 Å². The van der Waals surface area contributed by atoms with Gasteiger partial charge in [0.2, 0.25) is 0 Å². The van der Waals surface area contributed by atoms with Crippen molar-refractivity contribution in [1.82, 2.24) is 0 Å². The molecule has 3 aliphatic rings. The fourth-order valence-corrected chi connectivity index (χ4v) is 6.09. The molecule has 2 unspecified atom stereocenters. The van der Waals surface area contributed by atoms with E-state index in [9.17, 15) is 18.4 Å². The Morgan fingerprint density at radius 3 is 2.47 bits per heavy atom. The van der Waals surface area contributed by atoms with Crippen molar-refractivity contribution in [3.05, 3.63) is 34.9 Å². The van der Waals surface area contributed by atoms with Crippen molar-refractivity contribution in [3.8, 4) is 6.07 Å². The minimum Gasteiger partial charge on any atom is -0.382 e. The van der Waals surface area contributed by atoms with E-state index in [1.165, 1.54) is 0 Å². The highest BCUT2D eigenvalue weighted by atomic mass is 19.4. The summed E-state index contributed by atoms with van der Waals surface area (Å²) in [5.41, 5.74) is 6.18. The Morgan fingerprint density at radius 1 is 1.23 bits per heavy atom. The van der Waals surface area contributed by atoms with Gasteiger partial charge in [-0.2, -0.15) is 18.4 Å². The lowest BCUT2D eigenvalue weighted by Gasteiger charge is -2.49. The third-order valence-electron chi connectivity index (χ3n) is 6.94. The zero-order valence-corrected chi connectivity index (χ0v) is 17.3. The molecule has 1 aliphatic heterocycles. The number of benzene rings is 1. The van der Waals surface area contributed by atoms with Crippen LogP contribution >= 0.6 is 0 Å². The maximum absolute atomic E-state index is 13.2. The number of amidine groups is 1. The van der Waals surface area contributed by atoms with Crippen LogP contribution in [0.15, 0.2) is 28.2 Å². The normalized spacial score (nSPS) is 35.3. The van der Waals surface area contributed by atoms with Gasteiger partial charge in [-0.3, -0.25) is 4.99 Å². The topological polar surface area (TPSA) is 83.8 Å². The van der Waals surface area contributed by atoms with E-state index in [0.717, 1.165) is 5.56 Å². The second-order valence-electron chi connectivity index (χ2n) is 9.02. The van der Waals surface area contributed by atoms with Crippen molar-refractivity contribution in [1.29, 1.82) is 5.26 Å². The van der Waals surface area contributed by atoms with Crippen LogP contribution in [-0.2, 0) is 16.8 Å². The summed E-state index contributed by atoms with van der Waals surface area (Å²) in [6.07, 6.45) is -3.54. The zero-order valence-electron chi connectivity index (χ0n) is 17.3. The molecule has 1 heterocycles. The number of nitrogens with zero attached hydrogens (tertiary/aromatic N) is 3. The summed E-state index contributed by atoms with van der Waals surface area (Å²) in [6.45, 7) is 4.21. The third kappa shape index (κ3) is 3.02. The Bertz CT molecular complexity index is 966. The lowest BCUT2D eigenvalue weighted by atomic mass is 9.59. The zero-order chi connectivity index (χ0) is 21.9. The SMILES string of the molecule is COC1[C@H](C)CC2(Cc3ccc(C#N)cc3[C@]23N=C(N)C(CC(F)(F)F)=N3)C[C@@H]1C. The predicted molar refractivity (Wildman–Crippen MR) is 107 cm³/mol. The number of fused-ring (bicyclic) bond motifs is 3. The molecule has 30 heavy (non-hydrogen) atoms. The molecular formula is C22H25F3N4O. The van der Waals surface area contributed by atoms with Crippen molar-refractivity contribution < 1.29 is 17.9 Å². The molecule has 160 valence electrons. The number of methoxy groups -OCH3 is 1. The van der Waals surface area contributed by atoms with Crippen LogP contribution in [0.1, 0.15) is 49.8 Å². The number of alkyl halides is 3. The van der Waals surface area contributed by atoms with Gasteiger partial charge in [-0.25, -0.2) is 4.99 Å². The highest BCUT2D eigenvalue weighted by Gasteiger charge is 2.63. The number of hydrogen-bond donors (Lipinski definition) is 1. The van der Waals surface area contributed by atoms with Crippen LogP contribution in [0.5, 0.6) is 0 Å². The molecule has 0 aromatic heterocycles. The maximum atomic E-state index is 13.2. The quantitative estimate of drug-likeness (QED) is 0.785. The molecule has 0 saturated heterocycles. The van der Waals surface area contributed by atoms with Gasteiger partial charge in [0, 0.05) is 18.1 Å². The van der Waals surface area contributed by atoms with Gasteiger partial charge in [-0.1, -0.05) is 19.9 Å². The first-order chi connectivity index (χ1) is 14.0. The van der Waals surface area contributed by atoms with Crippen LogP contribution < -0.4 is 5.73 Å². The van der Waals surface area contributed by atoms with Crippen LogP contribution in [-0.4, -0.2) is 30.9 Å². The molecule has 4 rings (SSSR count). The standard InChI is InChI=1S/C22H25F3N4O/c1-12-7-20(8-13(2)18(12)30-3)9-15-5-4-14(11-26)6-16(15)22(20)28-17(19(27)29-22)10-21(23,24)25/h4-6,12-13,18H,7-10H2,1-3H3,(H2,27,29)/t12-,13+,18?,20?,22-/m0/s1. The first kappa shape index (κ1) is 20.9. The van der Waals surface area contributed by atoms with Crippen molar-refractivity contribution in [2.75, 3.05) is 7.11 Å². The molecule has 1 fully saturated rings. The number of halogens is 3. The van der Waals surface area contributed by atoms with Crippen LogP contribution in [0.3, 0.4) is 0 Å². The molecule has 1 aromatic rings. The van der Waals surface area contributed by atoms with Crippen LogP contribution in [0.25, 0.3) is 0 Å². The molecule has 5 nitrogen and oxygen atoms in total. The van der Waals surface area contributed by atoms with Gasteiger partial charge in [0.15, 0.2) is 5.66 Å². The highest BCUT2D eigenvalue weighted by Crippen LogP contribution is 2.63. The summed E-state index contributed by atoms with van der Waals surface area (Å²) in [7, 11) is 1.69. The summed E-state index contributed by atoms with van der Waals surface area (Å²) in [5, 5.41) is 9.40. The van der Waals surface area contributed by atoms with E-state index < -0.39 is 23.7 Å². The fourth-order valence-electron chi connectivity index (χ4n) is 6.09. The van der Waals surface area contributed by atoms with Crippen LogP contribution in [0.2, 0.25) is 0 Å². The average Bonchev–Trinajstić information content (AvgIpc) is 3.09. The maximum Gasteiger partial charge on any atom is 0.394 e. The van der Waals surface area contributed by atoms with Gasteiger partial charge < -0.3 is 10.5 Å². The van der Waals surface area contributed by atoms with Gasteiger partial charge in [-0.15, -0.1) is 0 Å². The summed E-state index contributed by atoms with van der Waals surface area (Å²) >= 11 is 0. The van der Waals surface area contributed by atoms with Crippen molar-refractivity contribution in [3.63, 3.8) is 0 Å². The molecule has 1 saturated carbocycles. The lowest BCUT2D eigenvalue weighted by Crippen LogP contribution is -2.49. The summed E-state index contributed by atoms with van der Waals surface area (Å²) in [5.74, 6) is 0.202. The van der Waals surface area contributed by atoms with E-state index in [-0.39, 0.29) is 29.5 Å². The second-order valence-corrected chi connectivity index (χ2v) is 9.02. The van der Waals surface area contributed by atoms with Crippen molar-refractivity contribution >= 4 is 11.5 Å². The molecule has 5 atom stereocenters. The van der Waals surface area contributed by atoms with Gasteiger partial charge in [0.1, 0.15) is 5.84 Å². The van der Waals surface area contributed by atoms with Gasteiger partial charge >= 0.3 is 6.18 Å². The number of nitriles is 1. The molecule has 1 aromatic carbocycles. The Balaban J connectivity index is 1.90. The van der Waals surface area contributed by atoms with E-state index in [2.05, 4.69) is 29.9 Å². The largest absolute Gasteiger partial charge is 0.394 e. The number of rotatable bonds is 2. The van der Waals surface area contributed by atoms with E-state index in [0.29, 0.717) is 30.4 Å². The molecule has 2 N–H and O–H groups in total. The lowest BCUT2D eigenvalue weighted by molar-refractivity contribution is -0.121. The van der Waals surface area contributed by atoms with E-state index >= 15 is 0 Å². The fraction of sp³-hybridized carbons (Fsp3) is 0.591.